The Labute approximate surface area is 165 Å². The molecule has 0 saturated carbocycles. The smallest absolute Gasteiger partial charge is 0.286 e. The van der Waals surface area contributed by atoms with Crippen LogP contribution in [-0.2, 0) is 16.6 Å². The fourth-order valence-electron chi connectivity index (χ4n) is 3.61. The molecule has 0 aromatic heterocycles. The Bertz CT molecular complexity index is 1040. The molecule has 0 unspecified atom stereocenters. The summed E-state index contributed by atoms with van der Waals surface area (Å²) in [4.78, 5) is 14.7. The van der Waals surface area contributed by atoms with Crippen molar-refractivity contribution in [3.63, 3.8) is 0 Å². The topological polar surface area (TPSA) is 78.8 Å². The summed E-state index contributed by atoms with van der Waals surface area (Å²) in [6.45, 7) is 3.14. The van der Waals surface area contributed by atoms with Crippen LogP contribution >= 0.6 is 0 Å². The number of amides is 1. The van der Waals surface area contributed by atoms with E-state index in [2.05, 4.69) is 9.71 Å². The molecule has 0 radical (unpaired) electrons. The number of rotatable bonds is 3. The number of fused-ring (bicyclic) bond motifs is 3. The lowest BCUT2D eigenvalue weighted by Crippen LogP contribution is -2.35. The van der Waals surface area contributed by atoms with Gasteiger partial charge in [-0.05, 0) is 43.5 Å². The van der Waals surface area contributed by atoms with Crippen LogP contribution < -0.4 is 10.2 Å². The Morgan fingerprint density at radius 2 is 1.89 bits per heavy atom. The van der Waals surface area contributed by atoms with Crippen LogP contribution in [0.4, 0.5) is 5.69 Å². The van der Waals surface area contributed by atoms with Gasteiger partial charge in [-0.15, -0.1) is 4.40 Å². The minimum absolute atomic E-state index is 0.112. The van der Waals surface area contributed by atoms with Crippen LogP contribution in [0, 0.1) is 6.92 Å². The molecule has 1 amide bonds. The molecular formula is C21H23N3O3S. The fourth-order valence-corrected chi connectivity index (χ4v) is 4.90. The van der Waals surface area contributed by atoms with Gasteiger partial charge in [-0.1, -0.05) is 36.2 Å². The molecule has 2 aliphatic heterocycles. The van der Waals surface area contributed by atoms with E-state index >= 15 is 0 Å². The van der Waals surface area contributed by atoms with E-state index in [1.807, 2.05) is 36.1 Å². The van der Waals surface area contributed by atoms with E-state index < -0.39 is 10.0 Å². The third-order valence-electron chi connectivity index (χ3n) is 5.18. The maximum absolute atomic E-state index is 12.7. The van der Waals surface area contributed by atoms with Crippen molar-refractivity contribution >= 4 is 27.5 Å². The molecule has 0 spiro atoms. The second kappa shape index (κ2) is 7.39. The van der Waals surface area contributed by atoms with Gasteiger partial charge >= 0.3 is 0 Å². The van der Waals surface area contributed by atoms with Gasteiger partial charge < -0.3 is 10.2 Å². The summed E-state index contributed by atoms with van der Waals surface area (Å²) in [6.07, 6.45) is 3.67. The molecule has 146 valence electrons. The average molecular weight is 398 g/mol. The number of carbonyl (C=O) groups is 1. The summed E-state index contributed by atoms with van der Waals surface area (Å²) in [6, 6.07) is 12.8. The zero-order chi connectivity index (χ0) is 19.7. The van der Waals surface area contributed by atoms with Gasteiger partial charge in [-0.2, -0.15) is 8.42 Å². The third-order valence-corrected chi connectivity index (χ3v) is 6.52. The molecule has 1 N–H and O–H groups in total. The van der Waals surface area contributed by atoms with Crippen molar-refractivity contribution in [2.45, 2.75) is 44.0 Å². The number of sulfonamides is 1. The molecule has 2 heterocycles. The molecule has 1 fully saturated rings. The molecule has 28 heavy (non-hydrogen) atoms. The Hall–Kier alpha value is -2.67. The molecule has 1 saturated heterocycles. The molecule has 4 rings (SSSR count). The first-order chi connectivity index (χ1) is 13.4. The summed E-state index contributed by atoms with van der Waals surface area (Å²) in [5.41, 5.74) is 3.09. The first-order valence-corrected chi connectivity index (χ1v) is 11.0. The van der Waals surface area contributed by atoms with E-state index in [0.29, 0.717) is 30.1 Å². The monoisotopic (exact) mass is 397 g/mol. The largest absolute Gasteiger partial charge is 0.348 e. The van der Waals surface area contributed by atoms with Crippen LogP contribution in [-0.4, -0.2) is 26.7 Å². The van der Waals surface area contributed by atoms with E-state index in [0.717, 1.165) is 36.9 Å². The number of nitrogens with zero attached hydrogens (tertiary/aromatic N) is 2. The highest BCUT2D eigenvalue weighted by Gasteiger charge is 2.32. The minimum atomic E-state index is -3.79. The van der Waals surface area contributed by atoms with Gasteiger partial charge in [-0.25, -0.2) is 0 Å². The van der Waals surface area contributed by atoms with Crippen LogP contribution in [0.15, 0.2) is 51.8 Å². The summed E-state index contributed by atoms with van der Waals surface area (Å²) >= 11 is 0. The summed E-state index contributed by atoms with van der Waals surface area (Å²) < 4.78 is 29.4. The lowest BCUT2D eigenvalue weighted by molar-refractivity contribution is 0.0950. The lowest BCUT2D eigenvalue weighted by Gasteiger charge is -2.29. The number of amidine groups is 1. The molecular weight excluding hydrogens is 374 g/mol. The molecule has 7 heteroatoms. The van der Waals surface area contributed by atoms with E-state index in [4.69, 9.17) is 0 Å². The van der Waals surface area contributed by atoms with Crippen LogP contribution in [0.2, 0.25) is 0 Å². The zero-order valence-corrected chi connectivity index (χ0v) is 16.6. The summed E-state index contributed by atoms with van der Waals surface area (Å²) in [5.74, 6) is 0.311. The van der Waals surface area contributed by atoms with E-state index in [9.17, 15) is 13.2 Å². The Kier molecular flexibility index (Phi) is 4.93. The SMILES string of the molecule is Cc1ccc(CNC(=O)c2ccc3c(c2)S(=O)(=O)N=C2CCCCCN23)cc1. The molecule has 2 aliphatic rings. The van der Waals surface area contributed by atoms with Crippen molar-refractivity contribution in [3.8, 4) is 0 Å². The Balaban J connectivity index is 1.58. The number of hydrogen-bond donors (Lipinski definition) is 1. The van der Waals surface area contributed by atoms with Gasteiger partial charge in [0.1, 0.15) is 10.7 Å². The van der Waals surface area contributed by atoms with Crippen LogP contribution in [0.1, 0.15) is 47.2 Å². The predicted octanol–water partition coefficient (Wildman–Crippen LogP) is 3.41. The third kappa shape index (κ3) is 3.67. The average Bonchev–Trinajstić information content (AvgIpc) is 2.92. The van der Waals surface area contributed by atoms with Crippen molar-refractivity contribution in [3.05, 3.63) is 59.2 Å². The first-order valence-electron chi connectivity index (χ1n) is 9.53. The highest BCUT2D eigenvalue weighted by atomic mass is 32.2. The summed E-state index contributed by atoms with van der Waals surface area (Å²) in [7, 11) is -3.79. The van der Waals surface area contributed by atoms with Gasteiger partial charge in [0.2, 0.25) is 0 Å². The van der Waals surface area contributed by atoms with Gasteiger partial charge in [-0.3, -0.25) is 4.79 Å². The molecule has 2 aromatic carbocycles. The lowest BCUT2D eigenvalue weighted by atomic mass is 10.1. The van der Waals surface area contributed by atoms with Crippen molar-refractivity contribution in [2.24, 2.45) is 4.40 Å². The van der Waals surface area contributed by atoms with Gasteiger partial charge in [0.25, 0.3) is 15.9 Å². The van der Waals surface area contributed by atoms with Crippen molar-refractivity contribution < 1.29 is 13.2 Å². The first kappa shape index (κ1) is 18.7. The van der Waals surface area contributed by atoms with Gasteiger partial charge in [0.15, 0.2) is 0 Å². The minimum Gasteiger partial charge on any atom is -0.348 e. The van der Waals surface area contributed by atoms with E-state index in [1.54, 1.807) is 12.1 Å². The molecule has 0 atom stereocenters. The Morgan fingerprint density at radius 1 is 1.11 bits per heavy atom. The van der Waals surface area contributed by atoms with E-state index in [-0.39, 0.29) is 10.8 Å². The second-order valence-corrected chi connectivity index (χ2v) is 8.87. The highest BCUT2D eigenvalue weighted by Crippen LogP contribution is 2.34. The molecule has 0 aliphatic carbocycles. The number of hydrogen-bond acceptors (Lipinski definition) is 4. The van der Waals surface area contributed by atoms with Crippen LogP contribution in [0.3, 0.4) is 0 Å². The molecule has 2 aromatic rings. The Morgan fingerprint density at radius 3 is 2.68 bits per heavy atom. The number of benzene rings is 2. The zero-order valence-electron chi connectivity index (χ0n) is 15.8. The highest BCUT2D eigenvalue weighted by molar-refractivity contribution is 7.90. The maximum Gasteiger partial charge on any atom is 0.286 e. The molecule has 0 bridgehead atoms. The number of carbonyl (C=O) groups excluding carboxylic acids is 1. The predicted molar refractivity (Wildman–Crippen MR) is 109 cm³/mol. The van der Waals surface area contributed by atoms with E-state index in [1.165, 1.54) is 6.07 Å². The number of nitrogens with one attached hydrogen (secondary N) is 1. The normalized spacial score (nSPS) is 17.8. The van der Waals surface area contributed by atoms with Crippen LogP contribution in [0.5, 0.6) is 0 Å². The standard InChI is InChI=1S/C21H23N3O3S/c1-15-6-8-16(9-7-15)14-22-21(25)17-10-11-18-19(13-17)28(26,27)23-20-5-3-2-4-12-24(18)20/h6-11,13H,2-5,12,14H2,1H3,(H,22,25). The summed E-state index contributed by atoms with van der Waals surface area (Å²) in [5, 5.41) is 2.85. The number of aryl methyl sites for hydroxylation is 1. The molecule has 6 nitrogen and oxygen atoms in total. The van der Waals surface area contributed by atoms with Gasteiger partial charge in [0.05, 0.1) is 5.69 Å². The number of anilines is 1. The van der Waals surface area contributed by atoms with Crippen molar-refractivity contribution in [1.82, 2.24) is 5.32 Å². The van der Waals surface area contributed by atoms with Crippen LogP contribution in [0.25, 0.3) is 0 Å². The van der Waals surface area contributed by atoms with Crippen molar-refractivity contribution in [2.75, 3.05) is 11.4 Å². The fraction of sp³-hybridized carbons (Fsp3) is 0.333. The second-order valence-electron chi connectivity index (χ2n) is 7.30. The van der Waals surface area contributed by atoms with Crippen molar-refractivity contribution in [1.29, 1.82) is 0 Å². The quantitative estimate of drug-likeness (QED) is 0.861. The maximum atomic E-state index is 12.7. The van der Waals surface area contributed by atoms with Gasteiger partial charge in [0, 0.05) is 25.1 Å².